The van der Waals surface area contributed by atoms with Gasteiger partial charge in [-0.15, -0.1) is 0 Å². The summed E-state index contributed by atoms with van der Waals surface area (Å²) in [4.78, 5) is 11.7. The van der Waals surface area contributed by atoms with Crippen LogP contribution in [0.3, 0.4) is 0 Å². The van der Waals surface area contributed by atoms with E-state index in [9.17, 15) is 13.2 Å². The summed E-state index contributed by atoms with van der Waals surface area (Å²) in [6, 6.07) is 5.55. The van der Waals surface area contributed by atoms with Gasteiger partial charge in [-0.05, 0) is 43.5 Å². The molecule has 0 aliphatic carbocycles. The molecule has 0 spiro atoms. The maximum Gasteiger partial charge on any atom is 0.223 e. The molecule has 0 saturated carbocycles. The van der Waals surface area contributed by atoms with Crippen molar-refractivity contribution in [3.8, 4) is 5.75 Å². The van der Waals surface area contributed by atoms with E-state index < -0.39 is 9.84 Å². The molecule has 1 amide bonds. The number of benzene rings is 1. The summed E-state index contributed by atoms with van der Waals surface area (Å²) in [6.45, 7) is 4.32. The van der Waals surface area contributed by atoms with Crippen molar-refractivity contribution in [2.45, 2.75) is 32.7 Å². The Morgan fingerprint density at radius 1 is 1.33 bits per heavy atom. The van der Waals surface area contributed by atoms with Gasteiger partial charge < -0.3 is 10.1 Å². The molecule has 6 heteroatoms. The van der Waals surface area contributed by atoms with Gasteiger partial charge in [0.1, 0.15) is 5.75 Å². The molecule has 5 nitrogen and oxygen atoms in total. The molecule has 1 aromatic rings. The zero-order chi connectivity index (χ0) is 15.5. The molecule has 1 N–H and O–H groups in total. The van der Waals surface area contributed by atoms with Crippen LogP contribution in [0.5, 0.6) is 5.75 Å². The maximum absolute atomic E-state index is 11.7. The van der Waals surface area contributed by atoms with Gasteiger partial charge in [0.25, 0.3) is 0 Å². The van der Waals surface area contributed by atoms with Gasteiger partial charge in [-0.3, -0.25) is 4.79 Å². The van der Waals surface area contributed by atoms with E-state index in [1.807, 2.05) is 32.0 Å². The van der Waals surface area contributed by atoms with Crippen molar-refractivity contribution >= 4 is 15.7 Å². The van der Waals surface area contributed by atoms with Gasteiger partial charge in [0.05, 0.1) is 24.5 Å². The predicted molar refractivity (Wildman–Crippen MR) is 81.2 cm³/mol. The van der Waals surface area contributed by atoms with Crippen LogP contribution >= 0.6 is 0 Å². The average Bonchev–Trinajstić information content (AvgIpc) is 2.73. The van der Waals surface area contributed by atoms with Crippen molar-refractivity contribution in [2.24, 2.45) is 0 Å². The van der Waals surface area contributed by atoms with Crippen LogP contribution in [0.25, 0.3) is 0 Å². The van der Waals surface area contributed by atoms with Crippen molar-refractivity contribution in [2.75, 3.05) is 18.1 Å². The molecule has 0 unspecified atom stereocenters. The molecule has 1 atom stereocenters. The van der Waals surface area contributed by atoms with E-state index in [1.54, 1.807) is 0 Å². The number of rotatable bonds is 5. The Balaban J connectivity index is 1.73. The SMILES string of the molecule is Cc1ccc(OCCC(=O)N[C@@H]2CCS(=O)(=O)C2)cc1C. The van der Waals surface area contributed by atoms with Crippen molar-refractivity contribution < 1.29 is 17.9 Å². The van der Waals surface area contributed by atoms with Crippen LogP contribution in [0.4, 0.5) is 0 Å². The quantitative estimate of drug-likeness (QED) is 0.891. The van der Waals surface area contributed by atoms with Gasteiger partial charge in [-0.25, -0.2) is 8.42 Å². The molecule has 1 saturated heterocycles. The summed E-state index contributed by atoms with van der Waals surface area (Å²) in [5.74, 6) is 0.795. The molecule has 0 aromatic heterocycles. The normalized spacial score (nSPS) is 20.2. The highest BCUT2D eigenvalue weighted by Crippen LogP contribution is 2.16. The molecule has 21 heavy (non-hydrogen) atoms. The fourth-order valence-corrected chi connectivity index (χ4v) is 3.95. The summed E-state index contributed by atoms with van der Waals surface area (Å²) >= 11 is 0. The molecule has 1 aromatic carbocycles. The maximum atomic E-state index is 11.7. The molecular formula is C15H21NO4S. The van der Waals surface area contributed by atoms with Gasteiger partial charge in [-0.2, -0.15) is 0 Å². The zero-order valence-corrected chi connectivity index (χ0v) is 13.2. The molecule has 1 aliphatic heterocycles. The van der Waals surface area contributed by atoms with Crippen LogP contribution in [0, 0.1) is 13.8 Å². The fraction of sp³-hybridized carbons (Fsp3) is 0.533. The minimum Gasteiger partial charge on any atom is -0.493 e. The molecule has 1 aliphatic rings. The second kappa shape index (κ2) is 6.47. The third-order valence-corrected chi connectivity index (χ3v) is 5.44. The van der Waals surface area contributed by atoms with Gasteiger partial charge in [0.15, 0.2) is 9.84 Å². The molecule has 116 valence electrons. The first-order chi connectivity index (χ1) is 9.85. The van der Waals surface area contributed by atoms with Crippen LogP contribution in [-0.2, 0) is 14.6 Å². The Morgan fingerprint density at radius 2 is 2.10 bits per heavy atom. The number of nitrogens with one attached hydrogen (secondary N) is 1. The minimum absolute atomic E-state index is 0.0523. The third-order valence-electron chi connectivity index (χ3n) is 3.67. The van der Waals surface area contributed by atoms with Gasteiger partial charge in [0.2, 0.25) is 5.91 Å². The summed E-state index contributed by atoms with van der Waals surface area (Å²) in [5.41, 5.74) is 2.34. The summed E-state index contributed by atoms with van der Waals surface area (Å²) in [7, 11) is -2.96. The highest BCUT2D eigenvalue weighted by Gasteiger charge is 2.28. The number of carbonyl (C=O) groups is 1. The summed E-state index contributed by atoms with van der Waals surface area (Å²) in [5, 5.41) is 2.74. The van der Waals surface area contributed by atoms with Crippen LogP contribution in [0.2, 0.25) is 0 Å². The Hall–Kier alpha value is -1.56. The summed E-state index contributed by atoms with van der Waals surface area (Å²) < 4.78 is 28.1. The molecule has 0 radical (unpaired) electrons. The highest BCUT2D eigenvalue weighted by atomic mass is 32.2. The van der Waals surface area contributed by atoms with Gasteiger partial charge >= 0.3 is 0 Å². The van der Waals surface area contributed by atoms with Gasteiger partial charge in [0, 0.05) is 6.04 Å². The number of carbonyl (C=O) groups excluding carboxylic acids is 1. The number of amides is 1. The van der Waals surface area contributed by atoms with E-state index in [0.717, 1.165) is 11.3 Å². The fourth-order valence-electron chi connectivity index (χ4n) is 2.27. The number of aryl methyl sites for hydroxylation is 2. The first-order valence-electron chi connectivity index (χ1n) is 7.05. The lowest BCUT2D eigenvalue weighted by Gasteiger charge is -2.11. The Bertz CT molecular complexity index is 625. The van der Waals surface area contributed by atoms with Crippen molar-refractivity contribution in [3.05, 3.63) is 29.3 Å². The molecule has 1 fully saturated rings. The third kappa shape index (κ3) is 4.74. The van der Waals surface area contributed by atoms with Crippen LogP contribution < -0.4 is 10.1 Å². The zero-order valence-electron chi connectivity index (χ0n) is 12.4. The van der Waals surface area contributed by atoms with E-state index in [0.29, 0.717) is 6.42 Å². The first-order valence-corrected chi connectivity index (χ1v) is 8.88. The topological polar surface area (TPSA) is 72.5 Å². The Kier molecular flexibility index (Phi) is 4.88. The Labute approximate surface area is 125 Å². The number of hydrogen-bond acceptors (Lipinski definition) is 4. The van der Waals surface area contributed by atoms with E-state index in [1.165, 1.54) is 5.56 Å². The number of ether oxygens (including phenoxy) is 1. The predicted octanol–water partition coefficient (Wildman–Crippen LogP) is 1.38. The number of hydrogen-bond donors (Lipinski definition) is 1. The minimum atomic E-state index is -2.96. The summed E-state index contributed by atoms with van der Waals surface area (Å²) in [6.07, 6.45) is 0.732. The standard InChI is InChI=1S/C15H21NO4S/c1-11-3-4-14(9-12(11)2)20-7-5-15(17)16-13-6-8-21(18,19)10-13/h3-4,9,13H,5-8,10H2,1-2H3,(H,16,17)/t13-/m1/s1. The van der Waals surface area contributed by atoms with Crippen molar-refractivity contribution in [3.63, 3.8) is 0 Å². The van der Waals surface area contributed by atoms with E-state index in [-0.39, 0.29) is 36.5 Å². The molecular weight excluding hydrogens is 290 g/mol. The second-order valence-electron chi connectivity index (χ2n) is 5.51. The average molecular weight is 311 g/mol. The number of sulfone groups is 1. The van der Waals surface area contributed by atoms with Crippen LogP contribution in [0.15, 0.2) is 18.2 Å². The smallest absolute Gasteiger partial charge is 0.223 e. The van der Waals surface area contributed by atoms with Gasteiger partial charge in [-0.1, -0.05) is 6.07 Å². The largest absolute Gasteiger partial charge is 0.493 e. The lowest BCUT2D eigenvalue weighted by atomic mass is 10.1. The molecule has 1 heterocycles. The van der Waals surface area contributed by atoms with Crippen molar-refractivity contribution in [1.82, 2.24) is 5.32 Å². The van der Waals surface area contributed by atoms with E-state index >= 15 is 0 Å². The monoisotopic (exact) mass is 311 g/mol. The lowest BCUT2D eigenvalue weighted by Crippen LogP contribution is -2.36. The lowest BCUT2D eigenvalue weighted by molar-refractivity contribution is -0.122. The highest BCUT2D eigenvalue weighted by molar-refractivity contribution is 7.91. The van der Waals surface area contributed by atoms with Crippen molar-refractivity contribution in [1.29, 1.82) is 0 Å². The second-order valence-corrected chi connectivity index (χ2v) is 7.74. The molecule has 2 rings (SSSR count). The van der Waals surface area contributed by atoms with Crippen LogP contribution in [-0.4, -0.2) is 38.5 Å². The molecule has 0 bridgehead atoms. The van der Waals surface area contributed by atoms with E-state index in [2.05, 4.69) is 5.32 Å². The van der Waals surface area contributed by atoms with E-state index in [4.69, 9.17) is 4.74 Å². The Morgan fingerprint density at radius 3 is 2.71 bits per heavy atom. The first kappa shape index (κ1) is 15.8. The van der Waals surface area contributed by atoms with Crippen LogP contribution in [0.1, 0.15) is 24.0 Å².